The Morgan fingerprint density at radius 1 is 0.808 bits per heavy atom. The number of aromatic nitrogens is 2. The zero-order chi connectivity index (χ0) is 18.5. The topological polar surface area (TPSA) is 61.9 Å². The van der Waals surface area contributed by atoms with Gasteiger partial charge in [-0.15, -0.1) is 10.2 Å². The van der Waals surface area contributed by atoms with Gasteiger partial charge in [-0.25, -0.2) is 0 Å². The van der Waals surface area contributed by atoms with E-state index in [1.807, 2.05) is 24.3 Å². The molecule has 2 aromatic carbocycles. The normalized spacial score (nSPS) is 10.3. The molecule has 1 aromatic heterocycles. The molecule has 132 valence electrons. The Hall–Kier alpha value is -2.12. The standard InChI is InChI=1S/C17H12Cl3N5S/c18-10-1-6-14(13(19)9-10)23-17(26)22-12-4-2-11(3-5-12)21-16-8-7-15(20)24-25-16/h1-9H,(H,21,25)(H2,22,23,26). The van der Waals surface area contributed by atoms with E-state index in [4.69, 9.17) is 47.0 Å². The number of benzene rings is 2. The number of anilines is 4. The van der Waals surface area contributed by atoms with Gasteiger partial charge in [0.2, 0.25) is 0 Å². The first-order valence-electron chi connectivity index (χ1n) is 7.39. The Morgan fingerprint density at radius 3 is 2.19 bits per heavy atom. The van der Waals surface area contributed by atoms with Crippen molar-refractivity contribution in [3.63, 3.8) is 0 Å². The molecule has 0 radical (unpaired) electrons. The van der Waals surface area contributed by atoms with E-state index in [0.717, 1.165) is 11.4 Å². The number of hydrogen-bond donors (Lipinski definition) is 3. The van der Waals surface area contributed by atoms with Crippen LogP contribution in [-0.2, 0) is 0 Å². The minimum Gasteiger partial charge on any atom is -0.339 e. The fourth-order valence-electron chi connectivity index (χ4n) is 2.04. The lowest BCUT2D eigenvalue weighted by Crippen LogP contribution is -2.19. The van der Waals surface area contributed by atoms with Crippen molar-refractivity contribution >= 4 is 75.0 Å². The maximum absolute atomic E-state index is 6.12. The molecule has 0 bridgehead atoms. The van der Waals surface area contributed by atoms with Gasteiger partial charge in [-0.1, -0.05) is 34.8 Å². The Bertz CT molecular complexity index is 917. The highest BCUT2D eigenvalue weighted by Gasteiger charge is 2.04. The van der Waals surface area contributed by atoms with E-state index in [9.17, 15) is 0 Å². The van der Waals surface area contributed by atoms with Gasteiger partial charge in [-0.05, 0) is 66.8 Å². The Balaban J connectivity index is 1.59. The van der Waals surface area contributed by atoms with Crippen LogP contribution in [0.15, 0.2) is 54.6 Å². The number of thiocarbonyl (C=S) groups is 1. The molecule has 3 rings (SSSR count). The van der Waals surface area contributed by atoms with E-state index in [1.165, 1.54) is 0 Å². The molecule has 5 nitrogen and oxygen atoms in total. The summed E-state index contributed by atoms with van der Waals surface area (Å²) in [6.45, 7) is 0. The van der Waals surface area contributed by atoms with E-state index >= 15 is 0 Å². The lowest BCUT2D eigenvalue weighted by Gasteiger charge is -2.12. The summed E-state index contributed by atoms with van der Waals surface area (Å²) in [6.07, 6.45) is 0. The predicted molar refractivity (Wildman–Crippen MR) is 113 cm³/mol. The van der Waals surface area contributed by atoms with Crippen molar-refractivity contribution in [3.05, 3.63) is 69.8 Å². The van der Waals surface area contributed by atoms with E-state index in [-0.39, 0.29) is 0 Å². The first-order valence-corrected chi connectivity index (χ1v) is 8.93. The van der Waals surface area contributed by atoms with Gasteiger partial charge in [0.25, 0.3) is 0 Å². The largest absolute Gasteiger partial charge is 0.339 e. The molecule has 9 heteroatoms. The molecule has 3 aromatic rings. The van der Waals surface area contributed by atoms with Crippen LogP contribution >= 0.6 is 47.0 Å². The minimum atomic E-state index is 0.344. The second-order valence-corrected chi connectivity index (χ2v) is 6.79. The van der Waals surface area contributed by atoms with Gasteiger partial charge < -0.3 is 16.0 Å². The molecule has 0 atom stereocenters. The van der Waals surface area contributed by atoms with Gasteiger partial charge in [0.1, 0.15) is 0 Å². The molecule has 0 saturated carbocycles. The van der Waals surface area contributed by atoms with Crippen LogP contribution in [0.3, 0.4) is 0 Å². The number of hydrogen-bond acceptors (Lipinski definition) is 4. The maximum atomic E-state index is 6.12. The summed E-state index contributed by atoms with van der Waals surface area (Å²) in [5.41, 5.74) is 2.35. The van der Waals surface area contributed by atoms with E-state index < -0.39 is 0 Å². The van der Waals surface area contributed by atoms with Crippen molar-refractivity contribution in [2.45, 2.75) is 0 Å². The first-order chi connectivity index (χ1) is 12.5. The van der Waals surface area contributed by atoms with Crippen LogP contribution in [0, 0.1) is 0 Å². The van der Waals surface area contributed by atoms with Crippen molar-refractivity contribution in [2.24, 2.45) is 0 Å². The molecule has 0 spiro atoms. The molecular formula is C17H12Cl3N5S. The molecule has 0 aliphatic rings. The fraction of sp³-hybridized carbons (Fsp3) is 0. The minimum absolute atomic E-state index is 0.344. The summed E-state index contributed by atoms with van der Waals surface area (Å²) in [5, 5.41) is 18.8. The van der Waals surface area contributed by atoms with E-state index in [2.05, 4.69) is 26.1 Å². The highest BCUT2D eigenvalue weighted by molar-refractivity contribution is 7.80. The zero-order valence-electron chi connectivity index (χ0n) is 13.1. The molecule has 1 heterocycles. The molecule has 0 amide bonds. The summed E-state index contributed by atoms with van der Waals surface area (Å²) < 4.78 is 0. The molecular weight excluding hydrogens is 413 g/mol. The molecule has 0 aliphatic heterocycles. The SMILES string of the molecule is S=C(Nc1ccc(Nc2ccc(Cl)nn2)cc1)Nc1ccc(Cl)cc1Cl. The predicted octanol–water partition coefficient (Wildman–Crippen LogP) is 5.99. The van der Waals surface area contributed by atoms with Crippen LogP contribution in [-0.4, -0.2) is 15.3 Å². The van der Waals surface area contributed by atoms with Crippen molar-refractivity contribution < 1.29 is 0 Å². The summed E-state index contributed by atoms with van der Waals surface area (Å²) in [5.74, 6) is 0.602. The van der Waals surface area contributed by atoms with Crippen LogP contribution in [0.4, 0.5) is 22.9 Å². The summed E-state index contributed by atoms with van der Waals surface area (Å²) >= 11 is 23.0. The Morgan fingerprint density at radius 2 is 1.54 bits per heavy atom. The second kappa shape index (κ2) is 8.51. The van der Waals surface area contributed by atoms with Gasteiger partial charge in [-0.3, -0.25) is 0 Å². The van der Waals surface area contributed by atoms with E-state index in [0.29, 0.717) is 31.8 Å². The van der Waals surface area contributed by atoms with Gasteiger partial charge >= 0.3 is 0 Å². The average molecular weight is 425 g/mol. The molecule has 0 saturated heterocycles. The summed E-state index contributed by atoms with van der Waals surface area (Å²) in [6, 6.07) is 16.1. The first kappa shape index (κ1) is 18.7. The lowest BCUT2D eigenvalue weighted by atomic mass is 10.3. The van der Waals surface area contributed by atoms with Crippen LogP contribution < -0.4 is 16.0 Å². The summed E-state index contributed by atoms with van der Waals surface area (Å²) in [7, 11) is 0. The number of nitrogens with zero attached hydrogens (tertiary/aromatic N) is 2. The third-order valence-corrected chi connectivity index (χ3v) is 4.18. The van der Waals surface area contributed by atoms with Crippen LogP contribution in [0.1, 0.15) is 0 Å². The van der Waals surface area contributed by atoms with Crippen LogP contribution in [0.5, 0.6) is 0 Å². The Kier molecular flexibility index (Phi) is 6.11. The third-order valence-electron chi connectivity index (χ3n) is 3.23. The molecule has 26 heavy (non-hydrogen) atoms. The van der Waals surface area contributed by atoms with Crippen LogP contribution in [0.2, 0.25) is 15.2 Å². The van der Waals surface area contributed by atoms with Gasteiger partial charge in [0, 0.05) is 16.4 Å². The monoisotopic (exact) mass is 423 g/mol. The van der Waals surface area contributed by atoms with Crippen molar-refractivity contribution in [3.8, 4) is 0 Å². The quantitative estimate of drug-likeness (QED) is 0.447. The molecule has 0 fully saturated rings. The highest BCUT2D eigenvalue weighted by Crippen LogP contribution is 2.25. The van der Waals surface area contributed by atoms with Gasteiger partial charge in [0.05, 0.1) is 10.7 Å². The lowest BCUT2D eigenvalue weighted by molar-refractivity contribution is 1.04. The van der Waals surface area contributed by atoms with Crippen LogP contribution in [0.25, 0.3) is 0 Å². The molecule has 0 aliphatic carbocycles. The van der Waals surface area contributed by atoms with Gasteiger partial charge in [0.15, 0.2) is 16.1 Å². The molecule has 0 unspecified atom stereocenters. The van der Waals surface area contributed by atoms with Crippen molar-refractivity contribution in [2.75, 3.05) is 16.0 Å². The maximum Gasteiger partial charge on any atom is 0.175 e. The zero-order valence-corrected chi connectivity index (χ0v) is 16.2. The summed E-state index contributed by atoms with van der Waals surface area (Å²) in [4.78, 5) is 0. The van der Waals surface area contributed by atoms with Crippen molar-refractivity contribution in [1.82, 2.24) is 10.2 Å². The van der Waals surface area contributed by atoms with Crippen molar-refractivity contribution in [1.29, 1.82) is 0 Å². The number of nitrogens with one attached hydrogen (secondary N) is 3. The Labute approximate surface area is 170 Å². The number of halogens is 3. The molecule has 3 N–H and O–H groups in total. The average Bonchev–Trinajstić information content (AvgIpc) is 2.61. The van der Waals surface area contributed by atoms with E-state index in [1.54, 1.807) is 30.3 Å². The third kappa shape index (κ3) is 5.19. The second-order valence-electron chi connectivity index (χ2n) is 5.15. The van der Waals surface area contributed by atoms with Gasteiger partial charge in [-0.2, -0.15) is 0 Å². The number of rotatable bonds is 4. The smallest absolute Gasteiger partial charge is 0.175 e. The highest BCUT2D eigenvalue weighted by atomic mass is 35.5. The fourth-order valence-corrected chi connectivity index (χ4v) is 2.83.